The molecule has 12 N–H and O–H groups in total. The maximum atomic E-state index is 11.4. The first-order valence-electron chi connectivity index (χ1n) is 24.1. The molecule has 3 heterocycles. The van der Waals surface area contributed by atoms with Crippen molar-refractivity contribution in [1.29, 1.82) is 0 Å². The summed E-state index contributed by atoms with van der Waals surface area (Å²) < 4.78 is 37.1. The lowest BCUT2D eigenvalue weighted by Gasteiger charge is -2.67. The van der Waals surface area contributed by atoms with Crippen molar-refractivity contribution in [2.75, 3.05) is 19.8 Å². The van der Waals surface area contributed by atoms with Gasteiger partial charge in [-0.2, -0.15) is 0 Å². The Labute approximate surface area is 388 Å². The molecule has 4 aliphatic carbocycles. The van der Waals surface area contributed by atoms with Gasteiger partial charge in [0.25, 0.3) is 0 Å². The van der Waals surface area contributed by atoms with Gasteiger partial charge in [0.05, 0.1) is 38.1 Å². The van der Waals surface area contributed by atoms with Gasteiger partial charge in [-0.15, -0.1) is 0 Å². The van der Waals surface area contributed by atoms with E-state index in [-0.39, 0.29) is 39.9 Å². The molecule has 0 aromatic heterocycles. The van der Waals surface area contributed by atoms with Crippen LogP contribution in [0.5, 0.6) is 0 Å². The summed E-state index contributed by atoms with van der Waals surface area (Å²) in [5, 5.41) is 128. The summed E-state index contributed by atoms with van der Waals surface area (Å²) in [7, 11) is 0. The smallest absolute Gasteiger partial charge is 0.187 e. The maximum absolute atomic E-state index is 11.4. The van der Waals surface area contributed by atoms with Crippen molar-refractivity contribution in [3.05, 3.63) is 23.3 Å². The Bertz CT molecular complexity index is 1720. The number of fused-ring (bicyclic) bond motifs is 5. The molecule has 7 rings (SSSR count). The molecule has 0 bridgehead atoms. The fourth-order valence-electron chi connectivity index (χ4n) is 14.0. The van der Waals surface area contributed by atoms with Gasteiger partial charge in [-0.05, 0) is 92.8 Å². The highest BCUT2D eigenvalue weighted by molar-refractivity contribution is 5.33. The Kier molecular flexibility index (Phi) is 15.7. The van der Waals surface area contributed by atoms with Gasteiger partial charge in [-0.3, -0.25) is 0 Å². The molecule has 0 amide bonds. The van der Waals surface area contributed by atoms with E-state index in [2.05, 4.69) is 47.6 Å². The van der Waals surface area contributed by atoms with Crippen LogP contribution in [0.4, 0.5) is 0 Å². The second kappa shape index (κ2) is 19.8. The van der Waals surface area contributed by atoms with Crippen LogP contribution in [0, 0.1) is 45.3 Å². The van der Waals surface area contributed by atoms with E-state index in [0.29, 0.717) is 12.8 Å². The van der Waals surface area contributed by atoms with Crippen LogP contribution >= 0.6 is 0 Å². The monoisotopic (exact) mass is 945 g/mol. The van der Waals surface area contributed by atoms with Crippen LogP contribution in [0.2, 0.25) is 0 Å². The molecule has 6 fully saturated rings. The van der Waals surface area contributed by atoms with Crippen molar-refractivity contribution in [2.45, 2.75) is 211 Å². The highest BCUT2D eigenvalue weighted by Gasteiger charge is 2.70. The molecular formula is C48H80O18. The van der Waals surface area contributed by atoms with E-state index in [1.165, 1.54) is 0 Å². The third-order valence-corrected chi connectivity index (χ3v) is 18.1. The normalized spacial score (nSPS) is 51.2. The molecule has 0 aromatic rings. The summed E-state index contributed by atoms with van der Waals surface area (Å²) in [4.78, 5) is 0. The van der Waals surface area contributed by atoms with Crippen LogP contribution in [0.1, 0.15) is 100 Å². The molecule has 7 aliphatic rings. The van der Waals surface area contributed by atoms with Crippen molar-refractivity contribution in [2.24, 2.45) is 45.3 Å². The zero-order chi connectivity index (χ0) is 48.6. The lowest BCUT2D eigenvalue weighted by Crippen LogP contribution is -2.65. The molecule has 25 atom stereocenters. The summed E-state index contributed by atoms with van der Waals surface area (Å²) in [5.41, 5.74) is 0.543. The number of hydrogen-bond donors (Lipinski definition) is 12. The highest BCUT2D eigenvalue weighted by Crippen LogP contribution is 2.75. The Morgan fingerprint density at radius 3 is 1.73 bits per heavy atom. The van der Waals surface area contributed by atoms with Crippen molar-refractivity contribution < 1.29 is 89.7 Å². The van der Waals surface area contributed by atoms with Gasteiger partial charge in [-0.1, -0.05) is 64.8 Å². The zero-order valence-electron chi connectivity index (χ0n) is 39.7. The summed E-state index contributed by atoms with van der Waals surface area (Å²) in [5.74, 6) is 0.201. The summed E-state index contributed by atoms with van der Waals surface area (Å²) >= 11 is 0. The van der Waals surface area contributed by atoms with Gasteiger partial charge in [0.15, 0.2) is 18.9 Å². The van der Waals surface area contributed by atoms with Crippen LogP contribution in [0.3, 0.4) is 0 Å². The summed E-state index contributed by atoms with van der Waals surface area (Å²) in [6, 6.07) is 0. The van der Waals surface area contributed by atoms with E-state index in [9.17, 15) is 61.3 Å². The fourth-order valence-corrected chi connectivity index (χ4v) is 14.0. The zero-order valence-corrected chi connectivity index (χ0v) is 39.7. The highest BCUT2D eigenvalue weighted by atomic mass is 16.8. The third kappa shape index (κ3) is 8.93. The van der Waals surface area contributed by atoms with Crippen LogP contribution in [0.15, 0.2) is 23.3 Å². The first-order chi connectivity index (χ1) is 30.9. The van der Waals surface area contributed by atoms with Crippen LogP contribution in [0.25, 0.3) is 0 Å². The van der Waals surface area contributed by atoms with Gasteiger partial charge in [0.1, 0.15) is 73.2 Å². The van der Waals surface area contributed by atoms with Crippen LogP contribution in [-0.2, 0) is 28.4 Å². The lowest BCUT2D eigenvalue weighted by atomic mass is 9.38. The number of hydrogen-bond acceptors (Lipinski definition) is 18. The number of allylic oxidation sites excluding steroid dienone is 1. The lowest BCUT2D eigenvalue weighted by molar-refractivity contribution is -0.370. The number of rotatable bonds is 13. The van der Waals surface area contributed by atoms with Crippen molar-refractivity contribution in [3.63, 3.8) is 0 Å². The van der Waals surface area contributed by atoms with Crippen molar-refractivity contribution in [3.8, 4) is 0 Å². The molecule has 18 heteroatoms. The van der Waals surface area contributed by atoms with E-state index in [4.69, 9.17) is 28.4 Å². The number of aliphatic hydroxyl groups is 12. The molecule has 18 nitrogen and oxygen atoms in total. The van der Waals surface area contributed by atoms with Crippen LogP contribution in [-0.4, -0.2) is 192 Å². The van der Waals surface area contributed by atoms with E-state index >= 15 is 0 Å². The van der Waals surface area contributed by atoms with Gasteiger partial charge in [-0.25, -0.2) is 0 Å². The maximum Gasteiger partial charge on any atom is 0.187 e. The third-order valence-electron chi connectivity index (χ3n) is 18.1. The van der Waals surface area contributed by atoms with E-state index in [1.54, 1.807) is 0 Å². The van der Waals surface area contributed by atoms with Gasteiger partial charge >= 0.3 is 0 Å². The average Bonchev–Trinajstić information content (AvgIpc) is 3.54. The minimum atomic E-state index is -1.81. The molecule has 0 radical (unpaired) electrons. The molecular weight excluding hydrogens is 865 g/mol. The van der Waals surface area contributed by atoms with Gasteiger partial charge in [0.2, 0.25) is 0 Å². The van der Waals surface area contributed by atoms with E-state index < -0.39 is 136 Å². The molecule has 3 aliphatic heterocycles. The molecule has 1 unspecified atom stereocenters. The number of ether oxygens (including phenoxy) is 6. The first-order valence-corrected chi connectivity index (χ1v) is 24.1. The van der Waals surface area contributed by atoms with E-state index in [1.807, 2.05) is 19.9 Å². The molecule has 3 saturated carbocycles. The predicted octanol–water partition coefficient (Wildman–Crippen LogP) is -0.251. The second-order valence-electron chi connectivity index (χ2n) is 22.4. The number of aliphatic hydroxyl groups excluding tert-OH is 12. The summed E-state index contributed by atoms with van der Waals surface area (Å²) in [6.07, 6.45) is -15.4. The average molecular weight is 945 g/mol. The fraction of sp³-hybridized carbons (Fsp3) is 0.917. The molecule has 66 heavy (non-hydrogen) atoms. The topological polar surface area (TPSA) is 298 Å². The summed E-state index contributed by atoms with van der Waals surface area (Å²) in [6.45, 7) is 15.2. The predicted molar refractivity (Wildman–Crippen MR) is 233 cm³/mol. The largest absolute Gasteiger partial charge is 0.394 e. The Morgan fingerprint density at radius 1 is 0.652 bits per heavy atom. The van der Waals surface area contributed by atoms with Crippen molar-refractivity contribution in [1.82, 2.24) is 0 Å². The quantitative estimate of drug-likeness (QED) is 0.106. The van der Waals surface area contributed by atoms with Crippen molar-refractivity contribution >= 4 is 0 Å². The minimum absolute atomic E-state index is 0.0163. The Balaban J connectivity index is 1.18. The molecule has 0 spiro atoms. The molecule has 0 aromatic carbocycles. The minimum Gasteiger partial charge on any atom is -0.394 e. The van der Waals surface area contributed by atoms with Crippen LogP contribution < -0.4 is 0 Å². The first kappa shape index (κ1) is 52.6. The standard InChI is InChI=1S/C48H80O18/c1-21(2)15-23(61-44-40(37(58)34(55)30(20-51)65-44)66-43-39(60)36(57)33(54)29(19-50)64-43)16-22(3)24-11-12-48(8)41-27(62-42-38(59)35(56)32(53)28(18-49)63-42)17-26-25(9-10-31(52)45(26,4)5)46(41,6)13-14-47(24,48)7/h15,17,22-25,27-44,49-60H,9-14,16,18-20H2,1-8H3/t22-,23?,24-,25-,27+,28-,29-,30-,31+,32-,33-,34-,35+,36+,37+,38-,39-,40-,41-,42-,43+,44-,46+,47-,48+/m1/s1. The Hall–Kier alpha value is -1.24. The van der Waals surface area contributed by atoms with E-state index in [0.717, 1.165) is 43.3 Å². The van der Waals surface area contributed by atoms with Gasteiger partial charge < -0.3 is 89.7 Å². The Morgan fingerprint density at radius 2 is 1.18 bits per heavy atom. The van der Waals surface area contributed by atoms with Gasteiger partial charge in [0, 0.05) is 11.3 Å². The SMILES string of the molecule is CC(C)=CC(C[C@@H](C)[C@H]1CC[C@@]2(C)[C@@H]3[C@@H](O[C@@H]4O[C@H](CO)[C@@H](O)[C@H](O)[C@H]4O)C=C4[C@@H](CC[C@H](O)C4(C)C)[C@]3(C)CC[C@]12C)O[C@@H]1O[C@H](CO)[C@@H](O)[C@H](O)[C@H]1O[C@@H]1O[C@H](CO)[C@@H](O)[C@H](O)[C@H]1O. The molecule has 380 valence electrons. The molecule has 3 saturated heterocycles. The second-order valence-corrected chi connectivity index (χ2v) is 22.4.